The molecule has 0 atom stereocenters. The molecule has 3 aromatic rings. The molecule has 0 fully saturated rings. The first-order valence-corrected chi connectivity index (χ1v) is 9.25. The Morgan fingerprint density at radius 3 is 2.03 bits per heavy atom. The molecule has 2 nitrogen and oxygen atoms in total. The molecule has 0 aliphatic rings. The lowest BCUT2D eigenvalue weighted by molar-refractivity contribution is 0.301. The van der Waals surface area contributed by atoms with Crippen molar-refractivity contribution in [1.29, 1.82) is 0 Å². The quantitative estimate of drug-likeness (QED) is 0.410. The van der Waals surface area contributed by atoms with Crippen LogP contribution in [0.3, 0.4) is 0 Å². The summed E-state index contributed by atoms with van der Waals surface area (Å²) in [6, 6.07) is 13.7. The molecule has 29 heavy (non-hydrogen) atoms. The highest BCUT2D eigenvalue weighted by molar-refractivity contribution is 5.73. The molecule has 0 unspecified atom stereocenters. The second-order valence-corrected chi connectivity index (χ2v) is 6.46. The lowest BCUT2D eigenvalue weighted by Gasteiger charge is -2.09. The minimum absolute atomic E-state index is 0.149. The van der Waals surface area contributed by atoms with Crippen molar-refractivity contribution in [2.75, 3.05) is 13.7 Å². The highest BCUT2D eigenvalue weighted by Gasteiger charge is 2.08. The van der Waals surface area contributed by atoms with E-state index in [-0.39, 0.29) is 11.5 Å². The average Bonchev–Trinajstić information content (AvgIpc) is 2.72. The van der Waals surface area contributed by atoms with E-state index < -0.39 is 17.5 Å². The fourth-order valence-electron chi connectivity index (χ4n) is 2.82. The zero-order chi connectivity index (χ0) is 20.8. The third-order valence-electron chi connectivity index (χ3n) is 4.36. The summed E-state index contributed by atoms with van der Waals surface area (Å²) in [4.78, 5) is 0. The maximum absolute atomic E-state index is 14.5. The van der Waals surface area contributed by atoms with Gasteiger partial charge < -0.3 is 9.47 Å². The fourth-order valence-corrected chi connectivity index (χ4v) is 2.82. The summed E-state index contributed by atoms with van der Waals surface area (Å²) in [5, 5.41) is 0. The molecule has 3 aromatic carbocycles. The second-order valence-electron chi connectivity index (χ2n) is 6.46. The summed E-state index contributed by atoms with van der Waals surface area (Å²) in [7, 11) is 1.39. The van der Waals surface area contributed by atoms with Gasteiger partial charge in [0.2, 0.25) is 0 Å². The largest absolute Gasteiger partial charge is 0.494 e. The Kier molecular flexibility index (Phi) is 6.60. The van der Waals surface area contributed by atoms with Crippen LogP contribution in [0.1, 0.15) is 24.5 Å². The summed E-state index contributed by atoms with van der Waals surface area (Å²) in [6.45, 7) is 2.38. The van der Waals surface area contributed by atoms with Crippen LogP contribution in [0, 0.1) is 17.5 Å². The SMILES string of the molecule is CCCOc1ccc(-c2ccc(/C=C/c3ccc(OC)c(F)c3)c(F)c2)cc1F. The van der Waals surface area contributed by atoms with Crippen molar-refractivity contribution in [3.05, 3.63) is 83.2 Å². The molecule has 3 rings (SSSR count). The van der Waals surface area contributed by atoms with Gasteiger partial charge >= 0.3 is 0 Å². The minimum Gasteiger partial charge on any atom is -0.494 e. The van der Waals surface area contributed by atoms with E-state index in [4.69, 9.17) is 9.47 Å². The zero-order valence-corrected chi connectivity index (χ0v) is 16.2. The molecule has 0 saturated heterocycles. The van der Waals surface area contributed by atoms with Gasteiger partial charge in [0.05, 0.1) is 13.7 Å². The lowest BCUT2D eigenvalue weighted by Crippen LogP contribution is -1.97. The van der Waals surface area contributed by atoms with Crippen molar-refractivity contribution in [3.63, 3.8) is 0 Å². The van der Waals surface area contributed by atoms with Gasteiger partial charge in [-0.2, -0.15) is 0 Å². The standard InChI is InChI=1S/C24H21F3O2/c1-3-12-29-24-11-9-19(15-22(24)27)18-8-7-17(20(25)14-18)6-4-16-5-10-23(28-2)21(26)13-16/h4-11,13-15H,3,12H2,1-2H3/b6-4+. The first-order valence-electron chi connectivity index (χ1n) is 9.25. The van der Waals surface area contributed by atoms with Crippen LogP contribution in [0.25, 0.3) is 23.3 Å². The Bertz CT molecular complexity index is 1030. The molecule has 0 saturated carbocycles. The molecule has 0 aliphatic heterocycles. The number of methoxy groups -OCH3 is 1. The predicted molar refractivity (Wildman–Crippen MR) is 109 cm³/mol. The number of rotatable bonds is 7. The van der Waals surface area contributed by atoms with Crippen LogP contribution in [0.5, 0.6) is 11.5 Å². The molecule has 5 heteroatoms. The average molecular weight is 398 g/mol. The molecular weight excluding hydrogens is 377 g/mol. The normalized spacial score (nSPS) is 11.1. The summed E-state index contributed by atoms with van der Waals surface area (Å²) >= 11 is 0. The number of ether oxygens (including phenoxy) is 2. The molecule has 0 N–H and O–H groups in total. The molecule has 0 bridgehead atoms. The van der Waals surface area contributed by atoms with Gasteiger partial charge in [0.15, 0.2) is 23.1 Å². The molecule has 0 radical (unpaired) electrons. The minimum atomic E-state index is -0.487. The van der Waals surface area contributed by atoms with E-state index in [1.807, 2.05) is 6.92 Å². The van der Waals surface area contributed by atoms with Crippen LogP contribution in [0.2, 0.25) is 0 Å². The van der Waals surface area contributed by atoms with Gasteiger partial charge in [-0.15, -0.1) is 0 Å². The Balaban J connectivity index is 1.80. The highest BCUT2D eigenvalue weighted by atomic mass is 19.1. The maximum Gasteiger partial charge on any atom is 0.165 e. The lowest BCUT2D eigenvalue weighted by atomic mass is 10.0. The highest BCUT2D eigenvalue weighted by Crippen LogP contribution is 2.28. The van der Waals surface area contributed by atoms with Crippen molar-refractivity contribution in [1.82, 2.24) is 0 Å². The summed E-state index contributed by atoms with van der Waals surface area (Å²) in [5.74, 6) is -1.10. The monoisotopic (exact) mass is 398 g/mol. The fraction of sp³-hybridized carbons (Fsp3) is 0.167. The third kappa shape index (κ3) is 4.99. The second kappa shape index (κ2) is 9.32. The molecule has 0 aliphatic carbocycles. The van der Waals surface area contributed by atoms with Gasteiger partial charge in [-0.05, 0) is 53.4 Å². The molecule has 0 heterocycles. The van der Waals surface area contributed by atoms with Gasteiger partial charge in [-0.25, -0.2) is 13.2 Å². The van der Waals surface area contributed by atoms with Crippen LogP contribution in [0.4, 0.5) is 13.2 Å². The van der Waals surface area contributed by atoms with Gasteiger partial charge in [-0.3, -0.25) is 0 Å². The van der Waals surface area contributed by atoms with E-state index in [9.17, 15) is 13.2 Å². The molecule has 0 aromatic heterocycles. The van der Waals surface area contributed by atoms with Crippen molar-refractivity contribution in [2.24, 2.45) is 0 Å². The van der Waals surface area contributed by atoms with E-state index in [1.54, 1.807) is 42.5 Å². The van der Waals surface area contributed by atoms with Gasteiger partial charge in [-0.1, -0.05) is 43.3 Å². The number of benzene rings is 3. The summed E-state index contributed by atoms with van der Waals surface area (Å²) in [6.07, 6.45) is 3.95. The van der Waals surface area contributed by atoms with Gasteiger partial charge in [0.25, 0.3) is 0 Å². The Labute approximate surface area is 168 Å². The first kappa shape index (κ1) is 20.5. The topological polar surface area (TPSA) is 18.5 Å². The van der Waals surface area contributed by atoms with Crippen LogP contribution < -0.4 is 9.47 Å². The maximum atomic E-state index is 14.5. The van der Waals surface area contributed by atoms with E-state index in [0.29, 0.717) is 28.9 Å². The Hall–Kier alpha value is -3.21. The molecular formula is C24H21F3O2. The number of hydrogen-bond donors (Lipinski definition) is 0. The van der Waals surface area contributed by atoms with Crippen molar-refractivity contribution in [3.8, 4) is 22.6 Å². The summed E-state index contributed by atoms with van der Waals surface area (Å²) in [5.41, 5.74) is 2.03. The zero-order valence-electron chi connectivity index (χ0n) is 16.2. The smallest absolute Gasteiger partial charge is 0.165 e. The van der Waals surface area contributed by atoms with Crippen molar-refractivity contribution < 1.29 is 22.6 Å². The number of halogens is 3. The number of hydrogen-bond acceptors (Lipinski definition) is 2. The first-order chi connectivity index (χ1) is 14.0. The van der Waals surface area contributed by atoms with Crippen LogP contribution in [-0.4, -0.2) is 13.7 Å². The van der Waals surface area contributed by atoms with E-state index in [2.05, 4.69) is 0 Å². The van der Waals surface area contributed by atoms with Crippen LogP contribution in [0.15, 0.2) is 54.6 Å². The molecule has 150 valence electrons. The van der Waals surface area contributed by atoms with Crippen molar-refractivity contribution >= 4 is 12.2 Å². The van der Waals surface area contributed by atoms with Crippen LogP contribution in [-0.2, 0) is 0 Å². The van der Waals surface area contributed by atoms with Gasteiger partial charge in [0.1, 0.15) is 5.82 Å². The van der Waals surface area contributed by atoms with Crippen LogP contribution >= 0.6 is 0 Å². The Morgan fingerprint density at radius 1 is 0.759 bits per heavy atom. The van der Waals surface area contributed by atoms with Crippen molar-refractivity contribution in [2.45, 2.75) is 13.3 Å². The molecule has 0 spiro atoms. The predicted octanol–water partition coefficient (Wildman–Crippen LogP) is 6.74. The van der Waals surface area contributed by atoms with E-state index in [1.165, 1.54) is 31.4 Å². The third-order valence-corrected chi connectivity index (χ3v) is 4.36. The van der Waals surface area contributed by atoms with Gasteiger partial charge in [0, 0.05) is 5.56 Å². The Morgan fingerprint density at radius 2 is 1.41 bits per heavy atom. The van der Waals surface area contributed by atoms with E-state index >= 15 is 0 Å². The summed E-state index contributed by atoms with van der Waals surface area (Å²) < 4.78 is 52.6. The van der Waals surface area contributed by atoms with E-state index in [0.717, 1.165) is 6.42 Å². The molecule has 0 amide bonds.